The predicted molar refractivity (Wildman–Crippen MR) is 161 cm³/mol. The summed E-state index contributed by atoms with van der Waals surface area (Å²) in [6, 6.07) is 0.0966. The SMILES string of the molecule is O=C(CCCC[C@@H]1SC[C@@H]2NC(=O)N[C@@H]21)NC=CCc1cn([C@H]2C[C@H](O)[C@@H](COP(=O)(O)OP(=O)(O)OP(=O)(O)O)O2)c(=O)[nH]c1=O. The van der Waals surface area contributed by atoms with Crippen LogP contribution in [-0.4, -0.2) is 88.1 Å². The van der Waals surface area contributed by atoms with Crippen LogP contribution >= 0.6 is 35.2 Å². The van der Waals surface area contributed by atoms with E-state index in [2.05, 4.69) is 34.1 Å². The Morgan fingerprint density at radius 1 is 1.11 bits per heavy atom. The first-order valence-electron chi connectivity index (χ1n) is 14.0. The molecule has 1 aromatic heterocycles. The van der Waals surface area contributed by atoms with Gasteiger partial charge in [-0.05, 0) is 19.3 Å². The van der Waals surface area contributed by atoms with Crippen molar-refractivity contribution in [2.75, 3.05) is 12.4 Å². The normalized spacial score (nSPS) is 28.4. The number of thioether (sulfide) groups is 1. The smallest absolute Gasteiger partial charge is 0.390 e. The summed E-state index contributed by atoms with van der Waals surface area (Å²) < 4.78 is 52.3. The maximum Gasteiger partial charge on any atom is 0.490 e. The van der Waals surface area contributed by atoms with Crippen LogP contribution in [0, 0.1) is 0 Å². The number of carbonyl (C=O) groups is 2. The molecule has 3 aliphatic rings. The Morgan fingerprint density at radius 2 is 1.85 bits per heavy atom. The van der Waals surface area contributed by atoms with Crippen molar-refractivity contribution in [3.8, 4) is 0 Å². The van der Waals surface area contributed by atoms with Gasteiger partial charge in [0, 0.05) is 41.8 Å². The molecule has 47 heavy (non-hydrogen) atoms. The van der Waals surface area contributed by atoms with Crippen LogP contribution in [0.2, 0.25) is 0 Å². The van der Waals surface area contributed by atoms with Crippen molar-refractivity contribution >= 4 is 47.2 Å². The maximum absolute atomic E-state index is 12.5. The van der Waals surface area contributed by atoms with E-state index in [1.54, 1.807) is 11.8 Å². The minimum Gasteiger partial charge on any atom is -0.390 e. The summed E-state index contributed by atoms with van der Waals surface area (Å²) in [5, 5.41) is 19.0. The van der Waals surface area contributed by atoms with Gasteiger partial charge in [-0.2, -0.15) is 20.4 Å². The number of aromatic nitrogens is 2. The molecule has 0 bridgehead atoms. The molecule has 0 spiro atoms. The van der Waals surface area contributed by atoms with Crippen molar-refractivity contribution in [2.45, 2.75) is 74.3 Å². The fourth-order valence-corrected chi connectivity index (χ4v) is 9.65. The van der Waals surface area contributed by atoms with Gasteiger partial charge in [-0.3, -0.25) is 23.7 Å². The van der Waals surface area contributed by atoms with Crippen molar-refractivity contribution in [3.05, 3.63) is 44.9 Å². The molecule has 25 heteroatoms. The summed E-state index contributed by atoms with van der Waals surface area (Å²) in [5.74, 6) is 0.625. The fraction of sp³-hybridized carbons (Fsp3) is 0.636. The number of unbranched alkanes of at least 4 members (excludes halogenated alkanes) is 1. The lowest BCUT2D eigenvalue weighted by atomic mass is 10.0. The predicted octanol–water partition coefficient (Wildman–Crippen LogP) is -0.573. The number of carbonyl (C=O) groups excluding carboxylic acids is 2. The molecule has 4 heterocycles. The molecule has 1 aromatic rings. The molecule has 0 radical (unpaired) electrons. The topological polar surface area (TPSA) is 314 Å². The van der Waals surface area contributed by atoms with E-state index in [-0.39, 0.29) is 48.8 Å². The third-order valence-corrected chi connectivity index (χ3v) is 12.5. The third kappa shape index (κ3) is 11.2. The van der Waals surface area contributed by atoms with E-state index in [4.69, 9.17) is 14.5 Å². The van der Waals surface area contributed by atoms with E-state index in [9.17, 15) is 47.8 Å². The molecule has 9 N–H and O–H groups in total. The zero-order valence-corrected chi connectivity index (χ0v) is 27.8. The van der Waals surface area contributed by atoms with E-state index in [1.165, 1.54) is 18.5 Å². The van der Waals surface area contributed by atoms with Crippen molar-refractivity contribution in [3.63, 3.8) is 0 Å². The number of hydrogen-bond donors (Lipinski definition) is 9. The second kappa shape index (κ2) is 15.6. The van der Waals surface area contributed by atoms with E-state index < -0.39 is 59.8 Å². The average molecular weight is 750 g/mol. The first-order valence-corrected chi connectivity index (χ1v) is 19.6. The number of urea groups is 1. The molecular weight excluding hydrogens is 715 g/mol. The summed E-state index contributed by atoms with van der Waals surface area (Å²) in [4.78, 5) is 86.6. The third-order valence-electron chi connectivity index (χ3n) is 7.15. The summed E-state index contributed by atoms with van der Waals surface area (Å²) in [6.07, 6.45) is 2.36. The van der Waals surface area contributed by atoms with E-state index >= 15 is 0 Å². The van der Waals surface area contributed by atoms with Crippen molar-refractivity contribution in [1.29, 1.82) is 0 Å². The molecule has 0 saturated carbocycles. The van der Waals surface area contributed by atoms with Crippen LogP contribution in [0.3, 0.4) is 0 Å². The van der Waals surface area contributed by atoms with Crippen molar-refractivity contribution < 1.29 is 65.8 Å². The number of ether oxygens (including phenoxy) is 1. The Hall–Kier alpha value is -2.16. The molecule has 8 atom stereocenters. The number of H-pyrrole nitrogens is 1. The van der Waals surface area contributed by atoms with E-state index in [0.29, 0.717) is 11.7 Å². The number of aliphatic hydroxyl groups excluding tert-OH is 1. The number of aliphatic hydroxyl groups is 1. The second-order valence-electron chi connectivity index (χ2n) is 10.7. The van der Waals surface area contributed by atoms with Crippen LogP contribution in [0.15, 0.2) is 28.1 Å². The standard InChI is InChI=1S/C22H34N5O16P3S/c28-14-8-18(41-15(14)10-40-45(36,37)43-46(38,39)42-44(33,34)35)27-9-12(20(30)26-22(27)32)4-3-7-23-17(29)6-2-1-5-16-19-13(11-47-16)24-21(31)25-19/h3,7,9,13-16,18-19,28H,1-2,4-6,8,10-11H2,(H,23,29)(H,36,37)(H,38,39)(H2,24,25,31)(H,26,30,32)(H2,33,34,35)/t13-,14-,15+,16-,18+,19-/m0/s1. The molecular formula is C22H34N5O16P3S. The Morgan fingerprint density at radius 3 is 2.57 bits per heavy atom. The van der Waals surface area contributed by atoms with Gasteiger partial charge in [0.25, 0.3) is 5.56 Å². The molecule has 2 unspecified atom stereocenters. The number of phosphoric ester groups is 1. The molecule has 3 saturated heterocycles. The Kier molecular flexibility index (Phi) is 12.5. The Balaban J connectivity index is 1.22. The number of hydrogen-bond acceptors (Lipinski definition) is 13. The molecule has 264 valence electrons. The fourth-order valence-electron chi connectivity index (χ4n) is 5.08. The lowest BCUT2D eigenvalue weighted by Gasteiger charge is -2.19. The van der Waals surface area contributed by atoms with Crippen LogP contribution < -0.4 is 27.2 Å². The zero-order chi connectivity index (χ0) is 34.6. The van der Waals surface area contributed by atoms with E-state index in [0.717, 1.165) is 23.2 Å². The van der Waals surface area contributed by atoms with Gasteiger partial charge in [0.05, 0.1) is 24.8 Å². The molecule has 0 aliphatic carbocycles. The van der Waals surface area contributed by atoms with Crippen molar-refractivity contribution in [1.82, 2.24) is 25.5 Å². The molecule has 3 amide bonds. The lowest BCUT2D eigenvalue weighted by Crippen LogP contribution is -2.36. The van der Waals surface area contributed by atoms with Gasteiger partial charge in [0.2, 0.25) is 5.91 Å². The van der Waals surface area contributed by atoms with Gasteiger partial charge in [-0.15, -0.1) is 0 Å². The number of rotatable bonds is 16. The number of allylic oxidation sites excluding steroid dienone is 1. The molecule has 0 aromatic carbocycles. The largest absolute Gasteiger partial charge is 0.490 e. The highest BCUT2D eigenvalue weighted by molar-refractivity contribution is 8.00. The Bertz CT molecular complexity index is 1610. The van der Waals surface area contributed by atoms with Gasteiger partial charge in [-0.25, -0.2) is 23.3 Å². The number of nitrogens with zero attached hydrogens (tertiary/aromatic N) is 1. The van der Waals surface area contributed by atoms with Gasteiger partial charge < -0.3 is 45.4 Å². The van der Waals surface area contributed by atoms with Crippen LogP contribution in [0.5, 0.6) is 0 Å². The zero-order valence-electron chi connectivity index (χ0n) is 24.3. The number of fused-ring (bicyclic) bond motifs is 1. The summed E-state index contributed by atoms with van der Waals surface area (Å²) >= 11 is 1.80. The highest BCUT2D eigenvalue weighted by atomic mass is 32.2. The average Bonchev–Trinajstić information content (AvgIpc) is 3.60. The molecule has 4 rings (SSSR count). The quantitative estimate of drug-likeness (QED) is 0.0580. The minimum atomic E-state index is -5.75. The van der Waals surface area contributed by atoms with Crippen LogP contribution in [0.25, 0.3) is 0 Å². The van der Waals surface area contributed by atoms with Gasteiger partial charge in [-0.1, -0.05) is 12.5 Å². The number of phosphoric acid groups is 3. The van der Waals surface area contributed by atoms with Crippen molar-refractivity contribution in [2.24, 2.45) is 0 Å². The first kappa shape index (κ1) is 37.7. The summed E-state index contributed by atoms with van der Waals surface area (Å²) in [6.45, 7) is -0.940. The Labute approximate surface area is 269 Å². The number of amides is 3. The molecule has 3 fully saturated rings. The second-order valence-corrected chi connectivity index (χ2v) is 16.4. The van der Waals surface area contributed by atoms with Gasteiger partial charge in [0.1, 0.15) is 12.3 Å². The number of aromatic amines is 1. The summed E-state index contributed by atoms with van der Waals surface area (Å²) in [7, 11) is -16.8. The van der Waals surface area contributed by atoms with Crippen LogP contribution in [0.4, 0.5) is 4.79 Å². The van der Waals surface area contributed by atoms with E-state index in [1.807, 2.05) is 0 Å². The summed E-state index contributed by atoms with van der Waals surface area (Å²) in [5.41, 5.74) is -1.53. The highest BCUT2D eigenvalue weighted by Gasteiger charge is 2.44. The minimum absolute atomic E-state index is 0.0121. The van der Waals surface area contributed by atoms with Crippen LogP contribution in [0.1, 0.15) is 43.9 Å². The lowest BCUT2D eigenvalue weighted by molar-refractivity contribution is -0.120. The maximum atomic E-state index is 12.5. The van der Waals surface area contributed by atoms with Gasteiger partial charge >= 0.3 is 35.2 Å². The molecule has 21 nitrogen and oxygen atoms in total. The van der Waals surface area contributed by atoms with Crippen LogP contribution in [-0.2, 0) is 42.8 Å². The highest BCUT2D eigenvalue weighted by Crippen LogP contribution is 2.66. The monoisotopic (exact) mass is 749 g/mol. The van der Waals surface area contributed by atoms with Gasteiger partial charge in [0.15, 0.2) is 0 Å². The first-order chi connectivity index (χ1) is 21.9. The number of nitrogens with one attached hydrogen (secondary N) is 4. The molecule has 3 aliphatic heterocycles.